The fraction of sp³-hybridized carbons (Fsp3) is 0. The van der Waals surface area contributed by atoms with Crippen LogP contribution in [0.3, 0.4) is 0 Å². The first-order chi connectivity index (χ1) is 10.1. The number of nitrogens with two attached hydrogens (primary N) is 1. The molecule has 0 amide bonds. The van der Waals surface area contributed by atoms with E-state index in [2.05, 4.69) is 10.1 Å². The van der Waals surface area contributed by atoms with Gasteiger partial charge < -0.3 is 25.6 Å². The highest BCUT2D eigenvalue weighted by Gasteiger charge is 2.16. The van der Waals surface area contributed by atoms with E-state index in [0.717, 1.165) is 0 Å². The molecule has 0 saturated carbocycles. The molecule has 0 fully saturated rings. The van der Waals surface area contributed by atoms with Gasteiger partial charge in [-0.2, -0.15) is 4.98 Å². The number of phenols is 3. The zero-order valence-corrected chi connectivity index (χ0v) is 10.7. The second kappa shape index (κ2) is 4.71. The van der Waals surface area contributed by atoms with Gasteiger partial charge in [0.1, 0.15) is 0 Å². The smallest absolute Gasteiger partial charge is 0.262 e. The standard InChI is InChI=1S/C14H11N3O4/c15-9-3-1-2-8(12(9)20)14-16-13(17-21-14)7-4-5-10(18)11(19)6-7/h1-6,18-20H,15H2. The van der Waals surface area contributed by atoms with Crippen LogP contribution in [-0.4, -0.2) is 25.5 Å². The van der Waals surface area contributed by atoms with Crippen molar-refractivity contribution in [2.24, 2.45) is 0 Å². The monoisotopic (exact) mass is 285 g/mol. The molecule has 7 nitrogen and oxygen atoms in total. The Morgan fingerprint density at radius 2 is 1.81 bits per heavy atom. The molecular weight excluding hydrogens is 274 g/mol. The van der Waals surface area contributed by atoms with Gasteiger partial charge in [-0.1, -0.05) is 11.2 Å². The first kappa shape index (κ1) is 12.8. The quantitative estimate of drug-likeness (QED) is 0.419. The predicted octanol–water partition coefficient (Wildman–Crippen LogP) is 2.10. The van der Waals surface area contributed by atoms with Gasteiger partial charge in [-0.25, -0.2) is 0 Å². The third kappa shape index (κ3) is 2.20. The Hall–Kier alpha value is -3.22. The van der Waals surface area contributed by atoms with Crippen LogP contribution < -0.4 is 5.73 Å². The molecule has 1 heterocycles. The lowest BCUT2D eigenvalue weighted by Gasteiger charge is -2.01. The fourth-order valence-electron chi connectivity index (χ4n) is 1.85. The summed E-state index contributed by atoms with van der Waals surface area (Å²) in [5, 5.41) is 32.4. The van der Waals surface area contributed by atoms with Crippen molar-refractivity contribution in [3.8, 4) is 40.1 Å². The van der Waals surface area contributed by atoms with Crippen LogP contribution in [0.4, 0.5) is 5.69 Å². The molecule has 0 bridgehead atoms. The molecule has 0 unspecified atom stereocenters. The maximum Gasteiger partial charge on any atom is 0.262 e. The minimum absolute atomic E-state index is 0.0994. The average Bonchev–Trinajstić information content (AvgIpc) is 2.94. The van der Waals surface area contributed by atoms with Crippen LogP contribution in [0.2, 0.25) is 0 Å². The average molecular weight is 285 g/mol. The highest BCUT2D eigenvalue weighted by atomic mass is 16.5. The number of hydrogen-bond acceptors (Lipinski definition) is 7. The fourth-order valence-corrected chi connectivity index (χ4v) is 1.85. The summed E-state index contributed by atoms with van der Waals surface area (Å²) in [6, 6.07) is 8.96. The van der Waals surface area contributed by atoms with Crippen molar-refractivity contribution < 1.29 is 19.8 Å². The van der Waals surface area contributed by atoms with Crippen molar-refractivity contribution in [2.75, 3.05) is 5.73 Å². The van der Waals surface area contributed by atoms with Gasteiger partial charge >= 0.3 is 0 Å². The Kier molecular flexibility index (Phi) is 2.87. The largest absolute Gasteiger partial charge is 0.505 e. The molecule has 0 saturated heterocycles. The maximum absolute atomic E-state index is 9.89. The van der Waals surface area contributed by atoms with E-state index in [1.165, 1.54) is 18.2 Å². The molecule has 0 spiro atoms. The molecule has 0 aliphatic rings. The first-order valence-corrected chi connectivity index (χ1v) is 6.00. The molecule has 2 aromatic carbocycles. The van der Waals surface area contributed by atoms with Gasteiger partial charge in [-0.05, 0) is 30.3 Å². The topological polar surface area (TPSA) is 126 Å². The third-order valence-corrected chi connectivity index (χ3v) is 2.96. The van der Waals surface area contributed by atoms with Crippen LogP contribution in [0, 0.1) is 0 Å². The van der Waals surface area contributed by atoms with Crippen molar-refractivity contribution in [1.82, 2.24) is 10.1 Å². The van der Waals surface area contributed by atoms with E-state index >= 15 is 0 Å². The molecule has 0 aliphatic carbocycles. The molecule has 0 atom stereocenters. The van der Waals surface area contributed by atoms with E-state index < -0.39 is 0 Å². The molecule has 3 aromatic rings. The Balaban J connectivity index is 2.03. The lowest BCUT2D eigenvalue weighted by atomic mass is 10.1. The van der Waals surface area contributed by atoms with Crippen LogP contribution in [0.15, 0.2) is 40.9 Å². The van der Waals surface area contributed by atoms with Crippen molar-refractivity contribution in [3.63, 3.8) is 0 Å². The van der Waals surface area contributed by atoms with Crippen molar-refractivity contribution in [3.05, 3.63) is 36.4 Å². The van der Waals surface area contributed by atoms with Gasteiger partial charge in [-0.3, -0.25) is 0 Å². The number of nitrogen functional groups attached to an aromatic ring is 1. The molecule has 0 radical (unpaired) electrons. The molecule has 3 rings (SSSR count). The van der Waals surface area contributed by atoms with Crippen LogP contribution in [-0.2, 0) is 0 Å². The highest BCUT2D eigenvalue weighted by molar-refractivity contribution is 5.72. The summed E-state index contributed by atoms with van der Waals surface area (Å²) in [6.07, 6.45) is 0. The van der Waals surface area contributed by atoms with Crippen LogP contribution in [0.25, 0.3) is 22.8 Å². The first-order valence-electron chi connectivity index (χ1n) is 6.00. The molecule has 0 aliphatic heterocycles. The number of phenolic OH excluding ortho intramolecular Hbond substituents is 3. The summed E-state index contributed by atoms with van der Waals surface area (Å²) < 4.78 is 5.09. The Labute approximate surface area is 118 Å². The number of aromatic nitrogens is 2. The summed E-state index contributed by atoms with van der Waals surface area (Å²) in [7, 11) is 0. The Morgan fingerprint density at radius 1 is 1.00 bits per heavy atom. The van der Waals surface area contributed by atoms with Gasteiger partial charge in [-0.15, -0.1) is 0 Å². The van der Waals surface area contributed by atoms with Crippen molar-refractivity contribution >= 4 is 5.69 Å². The number of aromatic hydroxyl groups is 3. The lowest BCUT2D eigenvalue weighted by molar-refractivity contribution is 0.403. The van der Waals surface area contributed by atoms with Gasteiger partial charge in [0.15, 0.2) is 17.2 Å². The molecule has 1 aromatic heterocycles. The predicted molar refractivity (Wildman–Crippen MR) is 74.6 cm³/mol. The Morgan fingerprint density at radius 3 is 2.57 bits per heavy atom. The number of benzene rings is 2. The van der Waals surface area contributed by atoms with E-state index in [1.54, 1.807) is 18.2 Å². The number of anilines is 1. The number of hydrogen-bond donors (Lipinski definition) is 4. The van der Waals surface area contributed by atoms with Gasteiger partial charge in [0.2, 0.25) is 5.82 Å². The second-order valence-corrected chi connectivity index (χ2v) is 4.37. The zero-order chi connectivity index (χ0) is 15.0. The van der Waals surface area contributed by atoms with E-state index in [-0.39, 0.29) is 34.7 Å². The Bertz CT molecular complexity index is 814. The van der Waals surface area contributed by atoms with E-state index in [1.807, 2.05) is 0 Å². The van der Waals surface area contributed by atoms with Crippen LogP contribution >= 0.6 is 0 Å². The minimum Gasteiger partial charge on any atom is -0.505 e. The maximum atomic E-state index is 9.89. The zero-order valence-electron chi connectivity index (χ0n) is 10.7. The summed E-state index contributed by atoms with van der Waals surface area (Å²) in [5.41, 5.74) is 6.59. The van der Waals surface area contributed by atoms with E-state index in [4.69, 9.17) is 10.3 Å². The highest BCUT2D eigenvalue weighted by Crippen LogP contribution is 2.34. The second-order valence-electron chi connectivity index (χ2n) is 4.37. The van der Waals surface area contributed by atoms with Crippen molar-refractivity contribution in [1.29, 1.82) is 0 Å². The molecule has 7 heteroatoms. The SMILES string of the molecule is Nc1cccc(-c2nc(-c3ccc(O)c(O)c3)no2)c1O. The van der Waals surface area contributed by atoms with E-state index in [9.17, 15) is 15.3 Å². The van der Waals surface area contributed by atoms with Gasteiger partial charge in [0, 0.05) is 5.56 Å². The number of para-hydroxylation sites is 1. The normalized spacial score (nSPS) is 10.7. The van der Waals surface area contributed by atoms with Gasteiger partial charge in [0.05, 0.1) is 11.3 Å². The molecule has 5 N–H and O–H groups in total. The van der Waals surface area contributed by atoms with Crippen molar-refractivity contribution in [2.45, 2.75) is 0 Å². The summed E-state index contributed by atoms with van der Waals surface area (Å²) in [4.78, 5) is 4.14. The van der Waals surface area contributed by atoms with E-state index in [0.29, 0.717) is 11.1 Å². The van der Waals surface area contributed by atoms with Crippen LogP contribution in [0.1, 0.15) is 0 Å². The minimum atomic E-state index is -0.286. The number of rotatable bonds is 2. The third-order valence-electron chi connectivity index (χ3n) is 2.96. The number of nitrogens with zero attached hydrogens (tertiary/aromatic N) is 2. The molecule has 21 heavy (non-hydrogen) atoms. The summed E-state index contributed by atoms with van der Waals surface area (Å²) in [5.74, 6) is -0.354. The van der Waals surface area contributed by atoms with Crippen LogP contribution in [0.5, 0.6) is 17.2 Å². The summed E-state index contributed by atoms with van der Waals surface area (Å²) in [6.45, 7) is 0. The van der Waals surface area contributed by atoms with Gasteiger partial charge in [0.25, 0.3) is 5.89 Å². The lowest BCUT2D eigenvalue weighted by Crippen LogP contribution is -1.88. The molecular formula is C14H11N3O4. The molecule has 106 valence electrons. The summed E-state index contributed by atoms with van der Waals surface area (Å²) >= 11 is 0.